The van der Waals surface area contributed by atoms with Crippen LogP contribution in [0.2, 0.25) is 0 Å². The molecule has 1 amide bonds. The Hall–Kier alpha value is -0.660. The van der Waals surface area contributed by atoms with Crippen molar-refractivity contribution in [3.8, 4) is 0 Å². The standard InChI is InChI=1S/C13H25N3O3S/c1-16(11-7-3-2-4-8-11)20(18,19)15-12-9-5-6-10-14-13(12)17/h11-12,15H,2-10H2,1H3,(H,14,17)/t12-/m0/s1. The molecule has 2 aliphatic rings. The normalized spacial score (nSPS) is 26.3. The second-order valence-corrected chi connectivity index (χ2v) is 7.53. The Balaban J connectivity index is 1.99. The summed E-state index contributed by atoms with van der Waals surface area (Å²) in [6, 6.07) is -0.566. The molecule has 1 aliphatic carbocycles. The molecule has 0 spiro atoms. The number of nitrogens with zero attached hydrogens (tertiary/aromatic N) is 1. The minimum absolute atomic E-state index is 0.0649. The molecule has 1 saturated heterocycles. The average molecular weight is 303 g/mol. The van der Waals surface area contributed by atoms with Crippen molar-refractivity contribution in [1.29, 1.82) is 0 Å². The van der Waals surface area contributed by atoms with Crippen molar-refractivity contribution in [1.82, 2.24) is 14.3 Å². The van der Waals surface area contributed by atoms with E-state index in [0.29, 0.717) is 13.0 Å². The zero-order chi connectivity index (χ0) is 14.6. The molecule has 1 atom stereocenters. The third-order valence-corrected chi connectivity index (χ3v) is 5.93. The molecule has 20 heavy (non-hydrogen) atoms. The summed E-state index contributed by atoms with van der Waals surface area (Å²) in [6.07, 6.45) is 7.50. The number of carbonyl (C=O) groups excluding carboxylic acids is 1. The fourth-order valence-electron chi connectivity index (χ4n) is 2.96. The second-order valence-electron chi connectivity index (χ2n) is 5.77. The number of rotatable bonds is 4. The zero-order valence-electron chi connectivity index (χ0n) is 12.1. The van der Waals surface area contributed by atoms with Gasteiger partial charge < -0.3 is 5.32 Å². The highest BCUT2D eigenvalue weighted by Gasteiger charge is 2.32. The van der Waals surface area contributed by atoms with Crippen molar-refractivity contribution in [2.45, 2.75) is 63.5 Å². The van der Waals surface area contributed by atoms with Gasteiger partial charge in [0.25, 0.3) is 10.2 Å². The van der Waals surface area contributed by atoms with E-state index in [9.17, 15) is 13.2 Å². The molecule has 0 aromatic heterocycles. The van der Waals surface area contributed by atoms with E-state index in [0.717, 1.165) is 38.5 Å². The van der Waals surface area contributed by atoms with E-state index in [1.54, 1.807) is 7.05 Å². The number of carbonyl (C=O) groups is 1. The van der Waals surface area contributed by atoms with Gasteiger partial charge in [-0.05, 0) is 32.1 Å². The lowest BCUT2D eigenvalue weighted by Gasteiger charge is -2.31. The van der Waals surface area contributed by atoms with Crippen molar-refractivity contribution >= 4 is 16.1 Å². The van der Waals surface area contributed by atoms with Crippen LogP contribution in [0.3, 0.4) is 0 Å². The Morgan fingerprint density at radius 1 is 1.10 bits per heavy atom. The molecule has 2 N–H and O–H groups in total. The lowest BCUT2D eigenvalue weighted by molar-refractivity contribution is -0.122. The van der Waals surface area contributed by atoms with Crippen LogP contribution in [-0.2, 0) is 15.0 Å². The topological polar surface area (TPSA) is 78.5 Å². The van der Waals surface area contributed by atoms with E-state index in [4.69, 9.17) is 0 Å². The highest BCUT2D eigenvalue weighted by Crippen LogP contribution is 2.23. The lowest BCUT2D eigenvalue weighted by Crippen LogP contribution is -2.52. The van der Waals surface area contributed by atoms with Gasteiger partial charge >= 0.3 is 0 Å². The number of nitrogens with one attached hydrogen (secondary N) is 2. The quantitative estimate of drug-likeness (QED) is 0.804. The SMILES string of the molecule is CN(C1CCCCC1)S(=O)(=O)N[C@H]1CCCCNC1=O. The Morgan fingerprint density at radius 2 is 1.75 bits per heavy atom. The van der Waals surface area contributed by atoms with Crippen molar-refractivity contribution in [2.24, 2.45) is 0 Å². The minimum Gasteiger partial charge on any atom is -0.355 e. The van der Waals surface area contributed by atoms with Crippen LogP contribution in [0.5, 0.6) is 0 Å². The van der Waals surface area contributed by atoms with E-state index >= 15 is 0 Å². The van der Waals surface area contributed by atoms with Crippen LogP contribution >= 0.6 is 0 Å². The molecule has 1 saturated carbocycles. The summed E-state index contributed by atoms with van der Waals surface area (Å²) in [7, 11) is -1.97. The molecule has 0 unspecified atom stereocenters. The third kappa shape index (κ3) is 3.93. The van der Waals surface area contributed by atoms with Gasteiger partial charge in [-0.15, -0.1) is 0 Å². The second kappa shape index (κ2) is 6.87. The van der Waals surface area contributed by atoms with Gasteiger partial charge in [-0.2, -0.15) is 17.4 Å². The van der Waals surface area contributed by atoms with Gasteiger partial charge in [0.05, 0.1) is 0 Å². The van der Waals surface area contributed by atoms with Crippen LogP contribution in [-0.4, -0.2) is 44.3 Å². The first kappa shape index (κ1) is 15.7. The van der Waals surface area contributed by atoms with Crippen molar-refractivity contribution in [3.05, 3.63) is 0 Å². The van der Waals surface area contributed by atoms with Gasteiger partial charge in [-0.1, -0.05) is 19.3 Å². The van der Waals surface area contributed by atoms with Gasteiger partial charge in [0, 0.05) is 19.6 Å². The first-order chi connectivity index (χ1) is 9.50. The summed E-state index contributed by atoms with van der Waals surface area (Å²) in [4.78, 5) is 11.8. The van der Waals surface area contributed by atoms with Gasteiger partial charge in [0.1, 0.15) is 6.04 Å². The molecule has 0 radical (unpaired) electrons. The largest absolute Gasteiger partial charge is 0.355 e. The lowest BCUT2D eigenvalue weighted by atomic mass is 9.96. The van der Waals surface area contributed by atoms with Crippen LogP contribution < -0.4 is 10.0 Å². The molecule has 0 aromatic rings. The van der Waals surface area contributed by atoms with Gasteiger partial charge in [0.2, 0.25) is 5.91 Å². The summed E-state index contributed by atoms with van der Waals surface area (Å²) in [5.74, 6) is -0.205. The molecule has 0 aromatic carbocycles. The Bertz CT molecular complexity index is 432. The van der Waals surface area contributed by atoms with E-state index in [1.165, 1.54) is 10.7 Å². The van der Waals surface area contributed by atoms with Gasteiger partial charge in [-0.25, -0.2) is 0 Å². The Morgan fingerprint density at radius 3 is 2.45 bits per heavy atom. The van der Waals surface area contributed by atoms with Gasteiger partial charge in [0.15, 0.2) is 0 Å². The molecule has 1 aliphatic heterocycles. The monoisotopic (exact) mass is 303 g/mol. The first-order valence-corrected chi connectivity index (χ1v) is 8.98. The molecule has 2 fully saturated rings. The highest BCUT2D eigenvalue weighted by molar-refractivity contribution is 7.87. The Kier molecular flexibility index (Phi) is 5.40. The molecule has 0 bridgehead atoms. The molecular formula is C13H25N3O3S. The minimum atomic E-state index is -3.59. The molecule has 116 valence electrons. The molecule has 6 nitrogen and oxygen atoms in total. The zero-order valence-corrected chi connectivity index (χ0v) is 12.9. The summed E-state index contributed by atoms with van der Waals surface area (Å²) >= 11 is 0. The van der Waals surface area contributed by atoms with E-state index < -0.39 is 16.3 Å². The number of amides is 1. The number of hydrogen-bond acceptors (Lipinski definition) is 3. The van der Waals surface area contributed by atoms with Crippen LogP contribution in [0.25, 0.3) is 0 Å². The summed E-state index contributed by atoms with van der Waals surface area (Å²) < 4.78 is 28.8. The van der Waals surface area contributed by atoms with E-state index in [-0.39, 0.29) is 11.9 Å². The smallest absolute Gasteiger partial charge is 0.280 e. The number of hydrogen-bond donors (Lipinski definition) is 2. The summed E-state index contributed by atoms with van der Waals surface area (Å²) in [6.45, 7) is 0.634. The predicted octanol–water partition coefficient (Wildman–Crippen LogP) is 0.754. The van der Waals surface area contributed by atoms with Crippen molar-refractivity contribution in [2.75, 3.05) is 13.6 Å². The summed E-state index contributed by atoms with van der Waals surface area (Å²) in [5.41, 5.74) is 0. The molecular weight excluding hydrogens is 278 g/mol. The van der Waals surface area contributed by atoms with Crippen LogP contribution in [0.1, 0.15) is 51.4 Å². The molecule has 1 heterocycles. The van der Waals surface area contributed by atoms with Crippen LogP contribution in [0.4, 0.5) is 0 Å². The van der Waals surface area contributed by atoms with E-state index in [2.05, 4.69) is 10.0 Å². The third-order valence-electron chi connectivity index (χ3n) is 4.29. The summed E-state index contributed by atoms with van der Waals surface area (Å²) in [5, 5.41) is 2.75. The molecule has 7 heteroatoms. The Labute approximate surface area is 121 Å². The van der Waals surface area contributed by atoms with Gasteiger partial charge in [-0.3, -0.25) is 4.79 Å². The first-order valence-electron chi connectivity index (χ1n) is 7.54. The average Bonchev–Trinajstić information content (AvgIpc) is 2.64. The molecule has 2 rings (SSSR count). The fraction of sp³-hybridized carbons (Fsp3) is 0.923. The van der Waals surface area contributed by atoms with Crippen LogP contribution in [0, 0.1) is 0 Å². The van der Waals surface area contributed by atoms with E-state index in [1.807, 2.05) is 0 Å². The van der Waals surface area contributed by atoms with Crippen molar-refractivity contribution < 1.29 is 13.2 Å². The predicted molar refractivity (Wildman–Crippen MR) is 77.3 cm³/mol. The van der Waals surface area contributed by atoms with Crippen LogP contribution in [0.15, 0.2) is 0 Å². The highest BCUT2D eigenvalue weighted by atomic mass is 32.2. The maximum Gasteiger partial charge on any atom is 0.280 e. The maximum absolute atomic E-state index is 12.4. The van der Waals surface area contributed by atoms with Crippen molar-refractivity contribution in [3.63, 3.8) is 0 Å². The fourth-order valence-corrected chi connectivity index (χ4v) is 4.31. The maximum atomic E-state index is 12.4.